The van der Waals surface area contributed by atoms with Crippen LogP contribution in [0.5, 0.6) is 0 Å². The van der Waals surface area contributed by atoms with Crippen LogP contribution in [0, 0.1) is 0 Å². The first-order chi connectivity index (χ1) is 11.5. The van der Waals surface area contributed by atoms with Gasteiger partial charge in [-0.15, -0.1) is 0 Å². The van der Waals surface area contributed by atoms with Crippen LogP contribution in [-0.2, 0) is 11.3 Å². The molecule has 11 heteroatoms. The van der Waals surface area contributed by atoms with Gasteiger partial charge in [-0.3, -0.25) is 4.79 Å². The molecule has 0 aliphatic heterocycles. The van der Waals surface area contributed by atoms with E-state index in [2.05, 4.69) is 15.3 Å². The first-order valence-corrected chi connectivity index (χ1v) is 7.26. The highest BCUT2D eigenvalue weighted by molar-refractivity contribution is 5.88. The molecule has 0 spiro atoms. The van der Waals surface area contributed by atoms with Gasteiger partial charge in [-0.1, -0.05) is 0 Å². The number of carbonyl (C=O) groups excluding carboxylic acids is 1. The molecule has 2 rings (SSSR count). The van der Waals surface area contributed by atoms with E-state index < -0.39 is 73.4 Å². The summed E-state index contributed by atoms with van der Waals surface area (Å²) in [5, 5.41) is 10.9. The molecule has 138 valence electrons. The fraction of sp³-hybridized carbons (Fsp3) is 0.571. The number of hydrogen-bond acceptors (Lipinski definition) is 4. The highest BCUT2D eigenvalue weighted by Crippen LogP contribution is 2.40. The SMILES string of the molecule is O=C(O)c1cnc(CNC(=O)C2(F)CCC(F)(F)CC2)nc1C(F)F. The molecular weight excluding hydrogens is 353 g/mol. The Hall–Kier alpha value is -2.33. The van der Waals surface area contributed by atoms with Gasteiger partial charge >= 0.3 is 5.97 Å². The summed E-state index contributed by atoms with van der Waals surface area (Å²) in [6.45, 7) is -0.541. The molecule has 2 N–H and O–H groups in total. The standard InChI is InChI=1S/C14H14F5N3O3/c15-10(16)9-7(11(23)24)5-20-8(22-9)6-21-12(25)13(17)1-3-14(18,19)4-2-13/h5,10H,1-4,6H2,(H,21,25)(H,23,24). The molecule has 0 radical (unpaired) electrons. The van der Waals surface area contributed by atoms with Crippen LogP contribution in [0.15, 0.2) is 6.20 Å². The van der Waals surface area contributed by atoms with Crippen LogP contribution < -0.4 is 5.32 Å². The third-order valence-electron chi connectivity index (χ3n) is 3.89. The second-order valence-corrected chi connectivity index (χ2v) is 5.69. The lowest BCUT2D eigenvalue weighted by Gasteiger charge is -2.32. The van der Waals surface area contributed by atoms with Gasteiger partial charge in [0.15, 0.2) is 5.67 Å². The molecule has 1 saturated carbocycles. The van der Waals surface area contributed by atoms with Gasteiger partial charge in [0.1, 0.15) is 17.1 Å². The van der Waals surface area contributed by atoms with E-state index in [4.69, 9.17) is 5.11 Å². The minimum absolute atomic E-state index is 0.349. The summed E-state index contributed by atoms with van der Waals surface area (Å²) in [5.41, 5.74) is -4.30. The van der Waals surface area contributed by atoms with Crippen molar-refractivity contribution in [3.63, 3.8) is 0 Å². The second kappa shape index (κ2) is 6.89. The fourth-order valence-electron chi connectivity index (χ4n) is 2.41. The highest BCUT2D eigenvalue weighted by atomic mass is 19.3. The average molecular weight is 367 g/mol. The number of hydrogen-bond donors (Lipinski definition) is 2. The quantitative estimate of drug-likeness (QED) is 0.781. The van der Waals surface area contributed by atoms with Crippen molar-refractivity contribution in [1.82, 2.24) is 15.3 Å². The van der Waals surface area contributed by atoms with Crippen molar-refractivity contribution < 1.29 is 36.6 Å². The maximum Gasteiger partial charge on any atom is 0.339 e. The molecule has 1 fully saturated rings. The molecule has 1 amide bonds. The van der Waals surface area contributed by atoms with Gasteiger partial charge in [0.25, 0.3) is 12.3 Å². The lowest BCUT2D eigenvalue weighted by Crippen LogP contribution is -2.47. The van der Waals surface area contributed by atoms with Crippen LogP contribution in [0.1, 0.15) is 54.0 Å². The average Bonchev–Trinajstić information content (AvgIpc) is 2.55. The second-order valence-electron chi connectivity index (χ2n) is 5.69. The van der Waals surface area contributed by atoms with E-state index in [1.54, 1.807) is 0 Å². The highest BCUT2D eigenvalue weighted by Gasteiger charge is 2.48. The Balaban J connectivity index is 2.05. The number of carboxylic acids is 1. The summed E-state index contributed by atoms with van der Waals surface area (Å²) in [7, 11) is 0. The molecule has 1 aromatic heterocycles. The predicted octanol–water partition coefficient (Wildman–Crippen LogP) is 2.65. The van der Waals surface area contributed by atoms with Gasteiger partial charge in [0.05, 0.1) is 6.54 Å². The molecule has 0 bridgehead atoms. The maximum absolute atomic E-state index is 14.4. The molecule has 0 unspecified atom stereocenters. The number of carbonyl (C=O) groups is 2. The summed E-state index contributed by atoms with van der Waals surface area (Å²) in [4.78, 5) is 29.6. The molecule has 6 nitrogen and oxygen atoms in total. The maximum atomic E-state index is 14.4. The van der Waals surface area contributed by atoms with E-state index in [1.807, 2.05) is 0 Å². The third-order valence-corrected chi connectivity index (χ3v) is 3.89. The molecule has 25 heavy (non-hydrogen) atoms. The zero-order valence-electron chi connectivity index (χ0n) is 12.7. The number of alkyl halides is 5. The van der Waals surface area contributed by atoms with Crippen LogP contribution >= 0.6 is 0 Å². The third kappa shape index (κ3) is 4.40. The van der Waals surface area contributed by atoms with Gasteiger partial charge in [0.2, 0.25) is 5.92 Å². The molecule has 0 atom stereocenters. The van der Waals surface area contributed by atoms with E-state index in [9.17, 15) is 31.5 Å². The summed E-state index contributed by atoms with van der Waals surface area (Å²) in [6, 6.07) is 0. The minimum atomic E-state index is -3.18. The van der Waals surface area contributed by atoms with Crippen molar-refractivity contribution in [3.8, 4) is 0 Å². The van der Waals surface area contributed by atoms with Crippen molar-refractivity contribution in [2.45, 2.75) is 50.2 Å². The Labute approximate surface area is 138 Å². The summed E-state index contributed by atoms with van der Waals surface area (Å²) in [5.74, 6) is -6.17. The molecule has 1 aliphatic rings. The molecule has 1 aromatic rings. The molecule has 1 aliphatic carbocycles. The van der Waals surface area contributed by atoms with E-state index in [0.29, 0.717) is 6.20 Å². The van der Waals surface area contributed by atoms with Crippen molar-refractivity contribution in [2.24, 2.45) is 0 Å². The molecule has 0 aromatic carbocycles. The van der Waals surface area contributed by atoms with Crippen LogP contribution in [0.3, 0.4) is 0 Å². The Morgan fingerprint density at radius 3 is 2.32 bits per heavy atom. The predicted molar refractivity (Wildman–Crippen MR) is 73.0 cm³/mol. The molecular formula is C14H14F5N3O3. The van der Waals surface area contributed by atoms with Crippen LogP contribution in [-0.4, -0.2) is 38.5 Å². The van der Waals surface area contributed by atoms with E-state index >= 15 is 0 Å². The van der Waals surface area contributed by atoms with Crippen LogP contribution in [0.4, 0.5) is 22.0 Å². The fourth-order valence-corrected chi connectivity index (χ4v) is 2.41. The number of rotatable bonds is 5. The van der Waals surface area contributed by atoms with Gasteiger partial charge in [0, 0.05) is 19.0 Å². The number of nitrogens with zero attached hydrogens (tertiary/aromatic N) is 2. The first kappa shape index (κ1) is 19.0. The smallest absolute Gasteiger partial charge is 0.339 e. The zero-order chi connectivity index (χ0) is 18.8. The number of nitrogens with one attached hydrogen (secondary N) is 1. The monoisotopic (exact) mass is 367 g/mol. The number of aromatic carboxylic acids is 1. The topological polar surface area (TPSA) is 92.2 Å². The molecule has 0 saturated heterocycles. The Morgan fingerprint density at radius 2 is 1.80 bits per heavy atom. The van der Waals surface area contributed by atoms with E-state index in [0.717, 1.165) is 0 Å². The van der Waals surface area contributed by atoms with Gasteiger partial charge < -0.3 is 10.4 Å². The van der Waals surface area contributed by atoms with Crippen LogP contribution in [0.25, 0.3) is 0 Å². The normalized spacial score (nSPS) is 18.8. The summed E-state index contributed by atoms with van der Waals surface area (Å²) >= 11 is 0. The number of aromatic nitrogens is 2. The number of carboxylic acid groups (broad SMARTS) is 1. The van der Waals surface area contributed by atoms with Crippen molar-refractivity contribution in [3.05, 3.63) is 23.3 Å². The van der Waals surface area contributed by atoms with Gasteiger partial charge in [-0.05, 0) is 12.8 Å². The Morgan fingerprint density at radius 1 is 1.20 bits per heavy atom. The van der Waals surface area contributed by atoms with Crippen molar-refractivity contribution in [2.75, 3.05) is 0 Å². The minimum Gasteiger partial charge on any atom is -0.478 e. The Kier molecular flexibility index (Phi) is 5.23. The lowest BCUT2D eigenvalue weighted by molar-refractivity contribution is -0.142. The van der Waals surface area contributed by atoms with E-state index in [1.165, 1.54) is 0 Å². The van der Waals surface area contributed by atoms with Gasteiger partial charge in [-0.2, -0.15) is 0 Å². The van der Waals surface area contributed by atoms with E-state index in [-0.39, 0.29) is 5.82 Å². The summed E-state index contributed by atoms with van der Waals surface area (Å²) in [6.07, 6.45) is -5.38. The van der Waals surface area contributed by atoms with Gasteiger partial charge in [-0.25, -0.2) is 36.7 Å². The Bertz CT molecular complexity index is 674. The number of halogens is 5. The summed E-state index contributed by atoms with van der Waals surface area (Å²) < 4.78 is 66.1. The molecule has 1 heterocycles. The number of amides is 1. The largest absolute Gasteiger partial charge is 0.478 e. The van der Waals surface area contributed by atoms with Crippen molar-refractivity contribution in [1.29, 1.82) is 0 Å². The lowest BCUT2D eigenvalue weighted by atomic mass is 9.83. The zero-order valence-corrected chi connectivity index (χ0v) is 12.7. The van der Waals surface area contributed by atoms with Crippen molar-refractivity contribution >= 4 is 11.9 Å². The first-order valence-electron chi connectivity index (χ1n) is 7.26. The van der Waals surface area contributed by atoms with Crippen LogP contribution in [0.2, 0.25) is 0 Å².